The van der Waals surface area contributed by atoms with Gasteiger partial charge in [0.05, 0.1) is 6.54 Å². The minimum atomic E-state index is -0.473. The average molecular weight is 326 g/mol. The molecule has 124 valence electrons. The fourth-order valence-electron chi connectivity index (χ4n) is 3.17. The van der Waals surface area contributed by atoms with Crippen molar-refractivity contribution in [3.63, 3.8) is 0 Å². The van der Waals surface area contributed by atoms with E-state index in [0.717, 1.165) is 29.4 Å². The second kappa shape index (κ2) is 5.19. The molecule has 24 heavy (non-hydrogen) atoms. The predicted octanol–water partition coefficient (Wildman–Crippen LogP) is 2.34. The third-order valence-electron chi connectivity index (χ3n) is 4.84. The monoisotopic (exact) mass is 326 g/mol. The third kappa shape index (κ3) is 2.38. The minimum absolute atomic E-state index is 0.103. The molecule has 1 saturated heterocycles. The van der Waals surface area contributed by atoms with Crippen LogP contribution in [0.4, 0.5) is 4.79 Å². The standard InChI is InChI=1S/C18H18N2O4/c1-10-5-14-12(7-17(22)24-15(14)6-11(10)2)8-20-16(21)9-19(18(20)23)13-3-4-13/h5-7,13H,3-4,8-9H2,1-2H3. The second-order valence-corrected chi connectivity index (χ2v) is 6.64. The molecule has 6 nitrogen and oxygen atoms in total. The number of benzene rings is 1. The molecular formula is C18H18N2O4. The lowest BCUT2D eigenvalue weighted by Gasteiger charge is -2.17. The van der Waals surface area contributed by atoms with E-state index in [1.54, 1.807) is 4.90 Å². The lowest BCUT2D eigenvalue weighted by molar-refractivity contribution is -0.125. The van der Waals surface area contributed by atoms with Gasteiger partial charge in [-0.1, -0.05) is 0 Å². The van der Waals surface area contributed by atoms with E-state index in [1.165, 1.54) is 11.0 Å². The van der Waals surface area contributed by atoms with Gasteiger partial charge in [-0.05, 0) is 55.5 Å². The van der Waals surface area contributed by atoms with Crippen LogP contribution in [-0.2, 0) is 11.3 Å². The van der Waals surface area contributed by atoms with Crippen molar-refractivity contribution in [3.05, 3.63) is 45.3 Å². The molecule has 0 radical (unpaired) electrons. The van der Waals surface area contributed by atoms with E-state index in [2.05, 4.69) is 0 Å². The highest BCUT2D eigenvalue weighted by atomic mass is 16.4. The summed E-state index contributed by atoms with van der Waals surface area (Å²) in [6.45, 7) is 4.17. The first-order valence-electron chi connectivity index (χ1n) is 8.09. The lowest BCUT2D eigenvalue weighted by Crippen LogP contribution is -2.33. The van der Waals surface area contributed by atoms with Gasteiger partial charge >= 0.3 is 11.7 Å². The maximum Gasteiger partial charge on any atom is 0.336 e. The van der Waals surface area contributed by atoms with Gasteiger partial charge in [0, 0.05) is 17.5 Å². The minimum Gasteiger partial charge on any atom is -0.423 e. The molecule has 2 aromatic rings. The van der Waals surface area contributed by atoms with Crippen LogP contribution in [0.3, 0.4) is 0 Å². The van der Waals surface area contributed by atoms with E-state index in [4.69, 9.17) is 4.42 Å². The summed E-state index contributed by atoms with van der Waals surface area (Å²) in [7, 11) is 0. The number of fused-ring (bicyclic) bond motifs is 1. The van der Waals surface area contributed by atoms with E-state index >= 15 is 0 Å². The molecule has 2 fully saturated rings. The Morgan fingerprint density at radius 3 is 2.50 bits per heavy atom. The first kappa shape index (κ1) is 14.9. The average Bonchev–Trinajstić information content (AvgIpc) is 3.31. The number of rotatable bonds is 3. The molecule has 1 aromatic carbocycles. The van der Waals surface area contributed by atoms with Crippen LogP contribution >= 0.6 is 0 Å². The number of hydrogen-bond donors (Lipinski definition) is 0. The van der Waals surface area contributed by atoms with Gasteiger partial charge in [0.15, 0.2) is 0 Å². The van der Waals surface area contributed by atoms with Crippen molar-refractivity contribution in [2.45, 2.75) is 39.3 Å². The van der Waals surface area contributed by atoms with Crippen LogP contribution < -0.4 is 5.63 Å². The number of aryl methyl sites for hydroxylation is 2. The SMILES string of the molecule is Cc1cc2oc(=O)cc(CN3C(=O)CN(C4CC4)C3=O)c2cc1C. The van der Waals surface area contributed by atoms with E-state index < -0.39 is 5.63 Å². The molecule has 1 aliphatic carbocycles. The van der Waals surface area contributed by atoms with E-state index in [9.17, 15) is 14.4 Å². The maximum atomic E-state index is 12.5. The van der Waals surface area contributed by atoms with Gasteiger partial charge in [-0.2, -0.15) is 0 Å². The Bertz CT molecular complexity index is 926. The summed E-state index contributed by atoms with van der Waals surface area (Å²) in [5, 5.41) is 0.767. The lowest BCUT2D eigenvalue weighted by atomic mass is 10.0. The zero-order chi connectivity index (χ0) is 17.0. The summed E-state index contributed by atoms with van der Waals surface area (Å²) >= 11 is 0. The molecule has 2 heterocycles. The van der Waals surface area contributed by atoms with Crippen molar-refractivity contribution >= 4 is 22.9 Å². The number of imide groups is 1. The molecule has 6 heteroatoms. The highest BCUT2D eigenvalue weighted by Gasteiger charge is 2.43. The fourth-order valence-corrected chi connectivity index (χ4v) is 3.17. The largest absolute Gasteiger partial charge is 0.423 e. The van der Waals surface area contributed by atoms with Crippen LogP contribution in [0.2, 0.25) is 0 Å². The quantitative estimate of drug-likeness (QED) is 0.641. The molecule has 3 amide bonds. The van der Waals surface area contributed by atoms with Crippen LogP contribution in [0.25, 0.3) is 11.0 Å². The van der Waals surface area contributed by atoms with E-state index in [1.807, 2.05) is 26.0 Å². The maximum absolute atomic E-state index is 12.5. The van der Waals surface area contributed by atoms with Crippen LogP contribution in [0.15, 0.2) is 27.4 Å². The zero-order valence-corrected chi connectivity index (χ0v) is 13.7. The topological polar surface area (TPSA) is 70.8 Å². The molecule has 0 spiro atoms. The summed E-state index contributed by atoms with van der Waals surface area (Å²) in [5.41, 5.74) is 2.74. The third-order valence-corrected chi connectivity index (χ3v) is 4.84. The molecule has 1 saturated carbocycles. The first-order valence-corrected chi connectivity index (χ1v) is 8.09. The van der Waals surface area contributed by atoms with Gasteiger partial charge in [-0.3, -0.25) is 9.69 Å². The number of carbonyl (C=O) groups is 2. The Morgan fingerprint density at radius 1 is 1.08 bits per heavy atom. The molecule has 1 aromatic heterocycles. The van der Waals surface area contributed by atoms with Gasteiger partial charge < -0.3 is 9.32 Å². The van der Waals surface area contributed by atoms with Gasteiger partial charge in [0.1, 0.15) is 12.1 Å². The summed E-state index contributed by atoms with van der Waals surface area (Å²) in [6, 6.07) is 5.07. The molecule has 0 N–H and O–H groups in total. The molecule has 0 bridgehead atoms. The van der Waals surface area contributed by atoms with Crippen LogP contribution in [-0.4, -0.2) is 34.3 Å². The molecule has 0 unspecified atom stereocenters. The Morgan fingerprint density at radius 2 is 1.79 bits per heavy atom. The first-order chi connectivity index (χ1) is 11.4. The van der Waals surface area contributed by atoms with E-state index in [-0.39, 0.29) is 31.1 Å². The van der Waals surface area contributed by atoms with E-state index in [0.29, 0.717) is 11.1 Å². The molecular weight excluding hydrogens is 308 g/mol. The Hall–Kier alpha value is -2.63. The van der Waals surface area contributed by atoms with Crippen LogP contribution in [0.5, 0.6) is 0 Å². The summed E-state index contributed by atoms with van der Waals surface area (Å²) in [5.74, 6) is -0.211. The molecule has 1 aliphatic heterocycles. The van der Waals surface area contributed by atoms with Gasteiger partial charge in [-0.25, -0.2) is 9.59 Å². The van der Waals surface area contributed by atoms with Crippen molar-refractivity contribution in [3.8, 4) is 0 Å². The van der Waals surface area contributed by atoms with Crippen molar-refractivity contribution < 1.29 is 14.0 Å². The zero-order valence-electron chi connectivity index (χ0n) is 13.7. The smallest absolute Gasteiger partial charge is 0.336 e. The number of amides is 3. The Labute approximate surface area is 138 Å². The normalized spacial score (nSPS) is 18.1. The highest BCUT2D eigenvalue weighted by Crippen LogP contribution is 2.31. The number of hydrogen-bond acceptors (Lipinski definition) is 4. The second-order valence-electron chi connectivity index (χ2n) is 6.64. The fraction of sp³-hybridized carbons (Fsp3) is 0.389. The molecule has 4 rings (SSSR count). The Kier molecular flexibility index (Phi) is 3.23. The van der Waals surface area contributed by atoms with Gasteiger partial charge in [0.2, 0.25) is 0 Å². The summed E-state index contributed by atoms with van der Waals surface area (Å²) in [4.78, 5) is 39.4. The van der Waals surface area contributed by atoms with Crippen LogP contribution in [0, 0.1) is 13.8 Å². The summed E-state index contributed by atoms with van der Waals surface area (Å²) in [6.07, 6.45) is 1.92. The van der Waals surface area contributed by atoms with Crippen molar-refractivity contribution in [1.82, 2.24) is 9.80 Å². The number of carbonyl (C=O) groups excluding carboxylic acids is 2. The van der Waals surface area contributed by atoms with Gasteiger partial charge in [-0.15, -0.1) is 0 Å². The summed E-state index contributed by atoms with van der Waals surface area (Å²) < 4.78 is 5.27. The van der Waals surface area contributed by atoms with Crippen molar-refractivity contribution in [1.29, 1.82) is 0 Å². The predicted molar refractivity (Wildman–Crippen MR) is 87.6 cm³/mol. The van der Waals surface area contributed by atoms with Crippen LogP contribution in [0.1, 0.15) is 29.5 Å². The number of nitrogens with zero attached hydrogens (tertiary/aromatic N) is 2. The number of urea groups is 1. The highest BCUT2D eigenvalue weighted by molar-refractivity contribution is 6.02. The van der Waals surface area contributed by atoms with Crippen molar-refractivity contribution in [2.24, 2.45) is 0 Å². The molecule has 2 aliphatic rings. The van der Waals surface area contributed by atoms with Crippen molar-refractivity contribution in [2.75, 3.05) is 6.54 Å². The van der Waals surface area contributed by atoms with Gasteiger partial charge in [0.25, 0.3) is 5.91 Å². The molecule has 0 atom stereocenters. The Balaban J connectivity index is 1.74.